The largest absolute Gasteiger partial charge is 0.466 e. The van der Waals surface area contributed by atoms with Crippen molar-refractivity contribution in [3.63, 3.8) is 0 Å². The minimum Gasteiger partial charge on any atom is -0.383 e. The van der Waals surface area contributed by atoms with E-state index in [1.54, 1.807) is 0 Å². The Hall–Kier alpha value is 0.420. The quantitative estimate of drug-likeness (QED) is 0.195. The van der Waals surface area contributed by atoms with E-state index in [0.29, 0.717) is 0 Å². The molecule has 0 saturated carbocycles. The summed E-state index contributed by atoms with van der Waals surface area (Å²) in [6, 6.07) is 0. The highest BCUT2D eigenvalue weighted by molar-refractivity contribution is 7.80. The van der Waals surface area contributed by atoms with Gasteiger partial charge in [-0.05, 0) is 6.42 Å². The minimum absolute atomic E-state index is 0.403. The fourth-order valence-corrected chi connectivity index (χ4v) is 1.64. The molecular weight excluding hydrogens is 275 g/mol. The Morgan fingerprint density at radius 3 is 1.61 bits per heavy atom. The maximum Gasteiger partial charge on any atom is 0.466 e. The number of hydrogen-bond acceptors (Lipinski definition) is 3. The van der Waals surface area contributed by atoms with Crippen molar-refractivity contribution in [1.82, 2.24) is 0 Å². The molecule has 0 bridgehead atoms. The third kappa shape index (κ3) is 36.0. The number of unbranched alkanes of at least 4 members (excludes halogenated alkanes) is 7. The van der Waals surface area contributed by atoms with Gasteiger partial charge in [-0.15, -0.1) is 12.6 Å². The lowest BCUT2D eigenvalue weighted by molar-refractivity contribution is 0.249. The molecule has 0 amide bonds. The highest BCUT2D eigenvalue weighted by Crippen LogP contribution is 2.25. The molecule has 5 nitrogen and oxygen atoms in total. The Kier molecular flexibility index (Phi) is 15.9. The van der Waals surface area contributed by atoms with E-state index in [2.05, 4.69) is 19.6 Å². The van der Waals surface area contributed by atoms with Crippen LogP contribution in [0, 0.1) is 0 Å². The Morgan fingerprint density at radius 2 is 1.28 bits per heavy atom. The van der Waals surface area contributed by atoms with Gasteiger partial charge in [-0.3, -0.25) is 0 Å². The van der Waals surface area contributed by atoms with Crippen LogP contribution in [0.15, 0.2) is 0 Å². The molecule has 0 heterocycles. The summed E-state index contributed by atoms with van der Waals surface area (Å²) >= 11 is 3.92. The number of rotatable bonds is 9. The molecule has 0 aliphatic heterocycles. The Morgan fingerprint density at radius 1 is 0.944 bits per heavy atom. The molecular formula is C11H27O5PS. The molecule has 0 aromatic heterocycles. The molecule has 18 heavy (non-hydrogen) atoms. The molecule has 7 heteroatoms. The molecule has 1 atom stereocenters. The van der Waals surface area contributed by atoms with Gasteiger partial charge in [0.1, 0.15) is 0 Å². The van der Waals surface area contributed by atoms with E-state index >= 15 is 0 Å². The monoisotopic (exact) mass is 302 g/mol. The molecule has 0 aromatic carbocycles. The minimum atomic E-state index is -4.64. The van der Waals surface area contributed by atoms with Crippen LogP contribution in [0.4, 0.5) is 0 Å². The van der Waals surface area contributed by atoms with E-state index in [1.165, 1.54) is 44.9 Å². The fraction of sp³-hybridized carbons (Fsp3) is 1.00. The molecule has 0 radical (unpaired) electrons. The van der Waals surface area contributed by atoms with E-state index in [1.807, 2.05) is 0 Å². The number of aliphatic hydroxyl groups excluding tert-OH is 1. The summed E-state index contributed by atoms with van der Waals surface area (Å²) in [7, 11) is -4.64. The fourth-order valence-electron chi connectivity index (χ4n) is 1.46. The third-order valence-electron chi connectivity index (χ3n) is 2.32. The summed E-state index contributed by atoms with van der Waals surface area (Å²) in [6.07, 6.45) is 11.4. The smallest absolute Gasteiger partial charge is 0.383 e. The van der Waals surface area contributed by atoms with Crippen molar-refractivity contribution in [2.75, 3.05) is 0 Å². The van der Waals surface area contributed by atoms with Gasteiger partial charge in [-0.1, -0.05) is 58.3 Å². The van der Waals surface area contributed by atoms with Gasteiger partial charge < -0.3 is 19.8 Å². The normalized spacial score (nSPS) is 12.8. The molecule has 0 saturated heterocycles. The highest BCUT2D eigenvalue weighted by atomic mass is 32.1. The first-order chi connectivity index (χ1) is 8.27. The Balaban J connectivity index is 0. The molecule has 0 aliphatic rings. The van der Waals surface area contributed by atoms with Gasteiger partial charge >= 0.3 is 7.82 Å². The van der Waals surface area contributed by atoms with Crippen LogP contribution in [0.25, 0.3) is 0 Å². The maximum absolute atomic E-state index is 8.89. The van der Waals surface area contributed by atoms with Crippen LogP contribution in [0.2, 0.25) is 0 Å². The SMILES string of the molecule is CCCCCCCCCCC(O)S.O=P(O)(O)O. The summed E-state index contributed by atoms with van der Waals surface area (Å²) in [5.74, 6) is 0. The van der Waals surface area contributed by atoms with Gasteiger partial charge in [0.2, 0.25) is 0 Å². The van der Waals surface area contributed by atoms with Crippen LogP contribution in [-0.2, 0) is 4.57 Å². The first-order valence-corrected chi connectivity index (χ1v) is 8.50. The van der Waals surface area contributed by atoms with Crippen LogP contribution in [0.3, 0.4) is 0 Å². The molecule has 0 aliphatic carbocycles. The van der Waals surface area contributed by atoms with Crippen LogP contribution in [0.1, 0.15) is 64.7 Å². The second-order valence-electron chi connectivity index (χ2n) is 4.26. The lowest BCUT2D eigenvalue weighted by atomic mass is 10.1. The summed E-state index contributed by atoms with van der Waals surface area (Å²) < 4.78 is 8.88. The highest BCUT2D eigenvalue weighted by Gasteiger charge is 2.00. The van der Waals surface area contributed by atoms with Gasteiger partial charge in [0, 0.05) is 0 Å². The van der Waals surface area contributed by atoms with E-state index in [4.69, 9.17) is 24.4 Å². The first kappa shape index (κ1) is 20.7. The van der Waals surface area contributed by atoms with Crippen molar-refractivity contribution in [2.24, 2.45) is 0 Å². The molecule has 112 valence electrons. The first-order valence-electron chi connectivity index (χ1n) is 6.41. The molecule has 0 aromatic rings. The van der Waals surface area contributed by atoms with E-state index < -0.39 is 13.3 Å². The van der Waals surface area contributed by atoms with Crippen LogP contribution in [-0.4, -0.2) is 25.2 Å². The number of thiol groups is 1. The van der Waals surface area contributed by atoms with Crippen molar-refractivity contribution < 1.29 is 24.4 Å². The van der Waals surface area contributed by atoms with Crippen molar-refractivity contribution in [3.05, 3.63) is 0 Å². The predicted octanol–water partition coefficient (Wildman–Crippen LogP) is 2.84. The number of hydrogen-bond donors (Lipinski definition) is 5. The summed E-state index contributed by atoms with van der Waals surface area (Å²) in [5.41, 5.74) is -0.403. The van der Waals surface area contributed by atoms with Gasteiger partial charge in [-0.2, -0.15) is 0 Å². The predicted molar refractivity (Wildman–Crippen MR) is 76.5 cm³/mol. The second-order valence-corrected chi connectivity index (χ2v) is 5.88. The van der Waals surface area contributed by atoms with Crippen molar-refractivity contribution in [2.45, 2.75) is 70.1 Å². The van der Waals surface area contributed by atoms with Crippen LogP contribution in [0.5, 0.6) is 0 Å². The van der Waals surface area contributed by atoms with Crippen LogP contribution < -0.4 is 0 Å². The zero-order chi connectivity index (χ0) is 14.4. The van der Waals surface area contributed by atoms with Gasteiger partial charge in [0.05, 0.1) is 5.44 Å². The second kappa shape index (κ2) is 13.8. The van der Waals surface area contributed by atoms with Gasteiger partial charge in [0.25, 0.3) is 0 Å². The van der Waals surface area contributed by atoms with E-state index in [9.17, 15) is 0 Å². The average Bonchev–Trinajstić information content (AvgIpc) is 2.19. The average molecular weight is 302 g/mol. The molecule has 0 spiro atoms. The molecule has 0 rings (SSSR count). The number of phosphoric acid groups is 1. The van der Waals surface area contributed by atoms with E-state index in [0.717, 1.165) is 12.8 Å². The molecule has 4 N–H and O–H groups in total. The summed E-state index contributed by atoms with van der Waals surface area (Å²) in [4.78, 5) is 21.6. The lowest BCUT2D eigenvalue weighted by Gasteiger charge is -2.03. The zero-order valence-corrected chi connectivity index (χ0v) is 12.8. The summed E-state index contributed by atoms with van der Waals surface area (Å²) in [6.45, 7) is 2.24. The van der Waals surface area contributed by atoms with Crippen molar-refractivity contribution in [3.8, 4) is 0 Å². The third-order valence-corrected chi connectivity index (χ3v) is 2.57. The Bertz CT molecular complexity index is 199. The number of aliphatic hydroxyl groups is 1. The van der Waals surface area contributed by atoms with Crippen LogP contribution >= 0.6 is 20.5 Å². The van der Waals surface area contributed by atoms with Gasteiger partial charge in [0.15, 0.2) is 0 Å². The lowest BCUT2D eigenvalue weighted by Crippen LogP contribution is -1.94. The molecule has 0 fully saturated rings. The van der Waals surface area contributed by atoms with Gasteiger partial charge in [-0.25, -0.2) is 4.57 Å². The zero-order valence-electron chi connectivity index (χ0n) is 11.0. The Labute approximate surface area is 115 Å². The van der Waals surface area contributed by atoms with Crippen molar-refractivity contribution >= 4 is 20.5 Å². The summed E-state index contributed by atoms with van der Waals surface area (Å²) in [5, 5.41) is 8.89. The van der Waals surface area contributed by atoms with E-state index in [-0.39, 0.29) is 0 Å². The van der Waals surface area contributed by atoms with Crippen molar-refractivity contribution in [1.29, 1.82) is 0 Å². The standard InChI is InChI=1S/C11H24OS.H3O4P/c1-2-3-4-5-6-7-8-9-10-11(12)13;1-5(2,3)4/h11-13H,2-10H2,1H3;(H3,1,2,3,4). The maximum atomic E-state index is 8.89. The topological polar surface area (TPSA) is 98.0 Å². The molecule has 1 unspecified atom stereocenters.